The molecule has 0 saturated carbocycles. The molecule has 1 N–H and O–H groups in total. The topological polar surface area (TPSA) is 30.5 Å². The van der Waals surface area contributed by atoms with E-state index >= 15 is 0 Å². The number of benzene rings is 2. The Labute approximate surface area is 155 Å². The van der Waals surface area contributed by atoms with Crippen LogP contribution in [0.25, 0.3) is 0 Å². The number of halogens is 2. The number of rotatable bonds is 9. The molecule has 2 aromatic rings. The molecule has 3 nitrogen and oxygen atoms in total. The summed E-state index contributed by atoms with van der Waals surface area (Å²) < 4.78 is 11.0. The third-order valence-electron chi connectivity index (χ3n) is 3.55. The Hall–Kier alpha value is -1.26. The second-order valence-corrected chi connectivity index (χ2v) is 5.99. The van der Waals surface area contributed by atoms with Gasteiger partial charge in [0.25, 0.3) is 0 Å². The summed E-state index contributed by atoms with van der Waals surface area (Å²) in [6.07, 6.45) is 0.983. The molecule has 0 saturated heterocycles. The average Bonchev–Trinajstić information content (AvgIpc) is 2.55. The summed E-state index contributed by atoms with van der Waals surface area (Å²) in [4.78, 5) is 0. The molecule has 2 aromatic carbocycles. The van der Waals surface area contributed by atoms with Crippen molar-refractivity contribution in [2.45, 2.75) is 26.5 Å². The molecule has 0 heterocycles. The van der Waals surface area contributed by atoms with Gasteiger partial charge in [0.2, 0.25) is 0 Å². The SMILES string of the molecule is COCCCNCc1cc(Cl)ccc1OCc1ccc(C)cc1.Cl. The van der Waals surface area contributed by atoms with Gasteiger partial charge in [0.05, 0.1) is 0 Å². The van der Waals surface area contributed by atoms with Crippen LogP contribution in [0.2, 0.25) is 5.02 Å². The highest BCUT2D eigenvalue weighted by molar-refractivity contribution is 6.30. The molecule has 0 radical (unpaired) electrons. The Balaban J connectivity index is 0.00000288. The van der Waals surface area contributed by atoms with E-state index in [1.54, 1.807) is 7.11 Å². The van der Waals surface area contributed by atoms with Gasteiger partial charge in [0.1, 0.15) is 12.4 Å². The lowest BCUT2D eigenvalue weighted by molar-refractivity contribution is 0.194. The van der Waals surface area contributed by atoms with E-state index in [1.165, 1.54) is 5.56 Å². The standard InChI is InChI=1S/C19H24ClNO2.ClH/c1-15-4-6-16(7-5-15)14-23-19-9-8-18(20)12-17(19)13-21-10-3-11-22-2;/h4-9,12,21H,3,10-11,13-14H2,1-2H3;1H. The fourth-order valence-electron chi connectivity index (χ4n) is 2.24. The quantitative estimate of drug-likeness (QED) is 0.645. The molecular weight excluding hydrogens is 345 g/mol. The highest BCUT2D eigenvalue weighted by atomic mass is 35.5. The molecule has 0 aliphatic carbocycles. The van der Waals surface area contributed by atoms with Crippen molar-refractivity contribution < 1.29 is 9.47 Å². The van der Waals surface area contributed by atoms with E-state index in [4.69, 9.17) is 21.1 Å². The van der Waals surface area contributed by atoms with Gasteiger partial charge in [-0.1, -0.05) is 41.4 Å². The van der Waals surface area contributed by atoms with Crippen molar-refractivity contribution in [3.8, 4) is 5.75 Å². The zero-order valence-electron chi connectivity index (χ0n) is 14.2. The number of hydrogen-bond acceptors (Lipinski definition) is 3. The van der Waals surface area contributed by atoms with Crippen molar-refractivity contribution in [2.24, 2.45) is 0 Å². The molecule has 0 aliphatic rings. The van der Waals surface area contributed by atoms with Crippen molar-refractivity contribution in [3.05, 3.63) is 64.2 Å². The van der Waals surface area contributed by atoms with Crippen LogP contribution >= 0.6 is 24.0 Å². The van der Waals surface area contributed by atoms with Crippen LogP contribution in [-0.4, -0.2) is 20.3 Å². The minimum atomic E-state index is 0. The van der Waals surface area contributed by atoms with E-state index in [9.17, 15) is 0 Å². The van der Waals surface area contributed by atoms with E-state index in [1.807, 2.05) is 18.2 Å². The van der Waals surface area contributed by atoms with E-state index in [-0.39, 0.29) is 12.4 Å². The first-order chi connectivity index (χ1) is 11.2. The van der Waals surface area contributed by atoms with Crippen molar-refractivity contribution in [1.82, 2.24) is 5.32 Å². The van der Waals surface area contributed by atoms with E-state index < -0.39 is 0 Å². The fourth-order valence-corrected chi connectivity index (χ4v) is 2.43. The fraction of sp³-hybridized carbons (Fsp3) is 0.368. The van der Waals surface area contributed by atoms with Crippen LogP contribution in [-0.2, 0) is 17.9 Å². The number of ether oxygens (including phenoxy) is 2. The normalized spacial score (nSPS) is 10.3. The molecule has 24 heavy (non-hydrogen) atoms. The van der Waals surface area contributed by atoms with Crippen molar-refractivity contribution in [2.75, 3.05) is 20.3 Å². The molecule has 132 valence electrons. The number of hydrogen-bond donors (Lipinski definition) is 1. The zero-order chi connectivity index (χ0) is 16.5. The molecule has 0 amide bonds. The van der Waals surface area contributed by atoms with Crippen LogP contribution in [0, 0.1) is 6.92 Å². The van der Waals surface area contributed by atoms with Crippen LogP contribution < -0.4 is 10.1 Å². The van der Waals surface area contributed by atoms with E-state index in [2.05, 4.69) is 36.5 Å². The smallest absolute Gasteiger partial charge is 0.124 e. The second kappa shape index (κ2) is 11.3. The van der Waals surface area contributed by atoms with Crippen LogP contribution in [0.3, 0.4) is 0 Å². The van der Waals surface area contributed by atoms with Gasteiger partial charge < -0.3 is 14.8 Å². The molecule has 0 aromatic heterocycles. The lowest BCUT2D eigenvalue weighted by Gasteiger charge is -2.13. The lowest BCUT2D eigenvalue weighted by atomic mass is 10.1. The molecule has 2 rings (SSSR count). The summed E-state index contributed by atoms with van der Waals surface area (Å²) in [6.45, 7) is 5.03. The van der Waals surface area contributed by atoms with Crippen LogP contribution in [0.1, 0.15) is 23.1 Å². The monoisotopic (exact) mass is 369 g/mol. The largest absolute Gasteiger partial charge is 0.489 e. The van der Waals surface area contributed by atoms with Gasteiger partial charge in [-0.25, -0.2) is 0 Å². The van der Waals surface area contributed by atoms with Gasteiger partial charge in [-0.05, 0) is 43.7 Å². The molecular formula is C19H25Cl2NO2. The predicted molar refractivity (Wildman–Crippen MR) is 102 cm³/mol. The molecule has 0 spiro atoms. The maximum Gasteiger partial charge on any atom is 0.124 e. The van der Waals surface area contributed by atoms with Gasteiger partial charge in [0.15, 0.2) is 0 Å². The van der Waals surface area contributed by atoms with Crippen molar-refractivity contribution >= 4 is 24.0 Å². The Bertz CT molecular complexity index is 603. The Morgan fingerprint density at radius 1 is 1.08 bits per heavy atom. The first-order valence-electron chi connectivity index (χ1n) is 7.85. The Morgan fingerprint density at radius 3 is 2.54 bits per heavy atom. The van der Waals surface area contributed by atoms with Crippen molar-refractivity contribution in [1.29, 1.82) is 0 Å². The minimum absolute atomic E-state index is 0. The maximum absolute atomic E-state index is 6.11. The second-order valence-electron chi connectivity index (χ2n) is 5.55. The highest BCUT2D eigenvalue weighted by Gasteiger charge is 2.05. The first kappa shape index (κ1) is 20.8. The number of nitrogens with one attached hydrogen (secondary N) is 1. The molecule has 0 atom stereocenters. The summed E-state index contributed by atoms with van der Waals surface area (Å²) in [5.41, 5.74) is 3.48. The van der Waals surface area contributed by atoms with Crippen LogP contribution in [0.4, 0.5) is 0 Å². The van der Waals surface area contributed by atoms with Crippen LogP contribution in [0.15, 0.2) is 42.5 Å². The summed E-state index contributed by atoms with van der Waals surface area (Å²) in [6, 6.07) is 14.1. The van der Waals surface area contributed by atoms with Crippen LogP contribution in [0.5, 0.6) is 5.75 Å². The summed E-state index contributed by atoms with van der Waals surface area (Å²) >= 11 is 6.11. The molecule has 0 bridgehead atoms. The molecule has 0 fully saturated rings. The third-order valence-corrected chi connectivity index (χ3v) is 3.79. The number of aryl methyl sites for hydroxylation is 1. The van der Waals surface area contributed by atoms with Gasteiger partial charge in [-0.2, -0.15) is 0 Å². The maximum atomic E-state index is 6.11. The van der Waals surface area contributed by atoms with Gasteiger partial charge in [0, 0.05) is 30.8 Å². The highest BCUT2D eigenvalue weighted by Crippen LogP contribution is 2.24. The molecule has 0 unspecified atom stereocenters. The number of methoxy groups -OCH3 is 1. The Morgan fingerprint density at radius 2 is 1.83 bits per heavy atom. The lowest BCUT2D eigenvalue weighted by Crippen LogP contribution is -2.16. The zero-order valence-corrected chi connectivity index (χ0v) is 15.8. The molecule has 5 heteroatoms. The van der Waals surface area contributed by atoms with Gasteiger partial charge in [-0.3, -0.25) is 0 Å². The minimum Gasteiger partial charge on any atom is -0.489 e. The van der Waals surface area contributed by atoms with Gasteiger partial charge >= 0.3 is 0 Å². The summed E-state index contributed by atoms with van der Waals surface area (Å²) in [7, 11) is 1.72. The third kappa shape index (κ3) is 7.10. The predicted octanol–water partition coefficient (Wildman–Crippen LogP) is 4.78. The van der Waals surface area contributed by atoms with E-state index in [0.717, 1.165) is 48.0 Å². The summed E-state index contributed by atoms with van der Waals surface area (Å²) in [5.74, 6) is 0.870. The van der Waals surface area contributed by atoms with Gasteiger partial charge in [-0.15, -0.1) is 12.4 Å². The van der Waals surface area contributed by atoms with Crippen molar-refractivity contribution in [3.63, 3.8) is 0 Å². The molecule has 0 aliphatic heterocycles. The first-order valence-corrected chi connectivity index (χ1v) is 8.23. The average molecular weight is 370 g/mol. The van der Waals surface area contributed by atoms with E-state index in [0.29, 0.717) is 6.61 Å². The Kier molecular flexibility index (Phi) is 9.80. The summed E-state index contributed by atoms with van der Waals surface area (Å²) in [5, 5.41) is 4.11.